The number of amides is 1. The van der Waals surface area contributed by atoms with Gasteiger partial charge in [0, 0.05) is 12.1 Å². The van der Waals surface area contributed by atoms with E-state index < -0.39 is 17.6 Å². The number of rotatable bonds is 4. The number of hydrogen-bond donors (Lipinski definition) is 2. The van der Waals surface area contributed by atoms with Crippen LogP contribution in [0.4, 0.5) is 10.5 Å². The van der Waals surface area contributed by atoms with Crippen molar-refractivity contribution in [3.05, 3.63) is 24.3 Å². The number of nitrogens with zero attached hydrogens (tertiary/aromatic N) is 1. The Hall–Kier alpha value is -2.24. The number of carbonyl (C=O) groups excluding carboxylic acids is 1. The first-order chi connectivity index (χ1) is 8.92. The summed E-state index contributed by atoms with van der Waals surface area (Å²) in [5, 5.41) is 18.0. The van der Waals surface area contributed by atoms with Gasteiger partial charge in [0.1, 0.15) is 12.4 Å². The van der Waals surface area contributed by atoms with Crippen molar-refractivity contribution >= 4 is 17.7 Å². The Kier molecular flexibility index (Phi) is 3.33. The Bertz CT molecular complexity index is 498. The van der Waals surface area contributed by atoms with Crippen molar-refractivity contribution in [3.8, 4) is 5.75 Å². The van der Waals surface area contributed by atoms with E-state index in [0.717, 1.165) is 0 Å². The molecule has 0 aliphatic carbocycles. The lowest BCUT2D eigenvalue weighted by Gasteiger charge is -2.31. The number of aromatic hydroxyl groups is 1. The van der Waals surface area contributed by atoms with Crippen molar-refractivity contribution in [1.82, 2.24) is 0 Å². The molecule has 0 aromatic heterocycles. The highest BCUT2D eigenvalue weighted by molar-refractivity contribution is 5.91. The summed E-state index contributed by atoms with van der Waals surface area (Å²) < 4.78 is 5.03. The maximum absolute atomic E-state index is 11.8. The quantitative estimate of drug-likeness (QED) is 0.869. The van der Waals surface area contributed by atoms with E-state index in [1.807, 2.05) is 0 Å². The Balaban J connectivity index is 2.26. The molecule has 1 unspecified atom stereocenters. The minimum Gasteiger partial charge on any atom is -0.508 e. The van der Waals surface area contributed by atoms with Gasteiger partial charge < -0.3 is 14.9 Å². The fraction of sp³-hybridized carbons (Fsp3) is 0.385. The average Bonchev–Trinajstić information content (AvgIpc) is 2.65. The molecule has 0 bridgehead atoms. The predicted octanol–water partition coefficient (Wildman–Crippen LogP) is 1.97. The molecule has 0 radical (unpaired) electrons. The molecule has 1 fully saturated rings. The molecular formula is C13H15NO5. The van der Waals surface area contributed by atoms with E-state index in [1.165, 1.54) is 17.0 Å². The van der Waals surface area contributed by atoms with Crippen molar-refractivity contribution in [3.63, 3.8) is 0 Å². The van der Waals surface area contributed by atoms with Crippen LogP contribution in [0.5, 0.6) is 5.75 Å². The minimum absolute atomic E-state index is 0.0400. The molecule has 6 nitrogen and oxygen atoms in total. The molecule has 1 saturated heterocycles. The molecule has 1 amide bonds. The number of carbonyl (C=O) groups is 2. The number of phenolic OH excluding ortho intramolecular Hbond substituents is 1. The summed E-state index contributed by atoms with van der Waals surface area (Å²) in [6.07, 6.45) is -0.241. The summed E-state index contributed by atoms with van der Waals surface area (Å²) in [6, 6.07) is 6.14. The first kappa shape index (κ1) is 13.2. The Morgan fingerprint density at radius 3 is 2.63 bits per heavy atom. The molecule has 6 heteroatoms. The van der Waals surface area contributed by atoms with Crippen LogP contribution >= 0.6 is 0 Å². The maximum atomic E-state index is 11.8. The normalized spacial score (nSPS) is 22.4. The zero-order valence-electron chi connectivity index (χ0n) is 10.5. The van der Waals surface area contributed by atoms with Crippen molar-refractivity contribution in [1.29, 1.82) is 0 Å². The van der Waals surface area contributed by atoms with Crippen LogP contribution in [0.2, 0.25) is 0 Å². The SMILES string of the molecule is CC1(CCC(=O)O)COC(=O)N1c1ccc(O)cc1. The maximum Gasteiger partial charge on any atom is 0.415 e. The van der Waals surface area contributed by atoms with Crippen LogP contribution < -0.4 is 4.90 Å². The van der Waals surface area contributed by atoms with E-state index in [1.54, 1.807) is 19.1 Å². The lowest BCUT2D eigenvalue weighted by molar-refractivity contribution is -0.137. The van der Waals surface area contributed by atoms with Gasteiger partial charge in [0.25, 0.3) is 0 Å². The van der Waals surface area contributed by atoms with Gasteiger partial charge in [-0.2, -0.15) is 0 Å². The number of carboxylic acid groups (broad SMARTS) is 1. The Morgan fingerprint density at radius 2 is 2.05 bits per heavy atom. The summed E-state index contributed by atoms with van der Waals surface area (Å²) in [4.78, 5) is 23.9. The van der Waals surface area contributed by atoms with E-state index in [9.17, 15) is 14.7 Å². The van der Waals surface area contributed by atoms with E-state index in [0.29, 0.717) is 12.1 Å². The number of aliphatic carboxylic acids is 1. The predicted molar refractivity (Wildman–Crippen MR) is 67.2 cm³/mol. The molecule has 2 N–H and O–H groups in total. The number of cyclic esters (lactones) is 1. The van der Waals surface area contributed by atoms with E-state index in [-0.39, 0.29) is 18.8 Å². The molecule has 19 heavy (non-hydrogen) atoms. The van der Waals surface area contributed by atoms with Gasteiger partial charge in [0.2, 0.25) is 0 Å². The smallest absolute Gasteiger partial charge is 0.415 e. The number of carboxylic acids is 1. The summed E-state index contributed by atoms with van der Waals surface area (Å²) >= 11 is 0. The standard InChI is InChI=1S/C13H15NO5/c1-13(7-6-11(16)17)8-19-12(18)14(13)9-2-4-10(15)5-3-9/h2-5,15H,6-8H2,1H3,(H,16,17). The zero-order valence-corrected chi connectivity index (χ0v) is 10.5. The highest BCUT2D eigenvalue weighted by Crippen LogP contribution is 2.34. The van der Waals surface area contributed by atoms with Gasteiger partial charge in [-0.1, -0.05) is 0 Å². The number of ether oxygens (including phenoxy) is 1. The first-order valence-electron chi connectivity index (χ1n) is 5.90. The molecule has 1 aromatic carbocycles. The molecule has 0 saturated carbocycles. The van der Waals surface area contributed by atoms with Crippen LogP contribution in [-0.4, -0.2) is 34.4 Å². The van der Waals surface area contributed by atoms with Crippen LogP contribution in [-0.2, 0) is 9.53 Å². The lowest BCUT2D eigenvalue weighted by atomic mass is 9.95. The van der Waals surface area contributed by atoms with Gasteiger partial charge in [-0.25, -0.2) is 4.79 Å². The second-order valence-electron chi connectivity index (χ2n) is 4.80. The van der Waals surface area contributed by atoms with Crippen molar-refractivity contribution in [2.45, 2.75) is 25.3 Å². The Labute approximate surface area is 110 Å². The van der Waals surface area contributed by atoms with E-state index in [4.69, 9.17) is 9.84 Å². The molecule has 1 aliphatic heterocycles. The molecule has 2 rings (SSSR count). The third-order valence-corrected chi connectivity index (χ3v) is 3.21. The van der Waals surface area contributed by atoms with Crippen LogP contribution in [0.3, 0.4) is 0 Å². The number of phenols is 1. The van der Waals surface area contributed by atoms with Crippen molar-refractivity contribution < 1.29 is 24.5 Å². The van der Waals surface area contributed by atoms with Crippen LogP contribution in [0.25, 0.3) is 0 Å². The van der Waals surface area contributed by atoms with E-state index in [2.05, 4.69) is 0 Å². The highest BCUT2D eigenvalue weighted by atomic mass is 16.6. The molecule has 1 heterocycles. The molecular weight excluding hydrogens is 250 g/mol. The number of anilines is 1. The van der Waals surface area contributed by atoms with Crippen LogP contribution in [0.15, 0.2) is 24.3 Å². The third-order valence-electron chi connectivity index (χ3n) is 3.21. The second kappa shape index (κ2) is 4.79. The van der Waals surface area contributed by atoms with Crippen molar-refractivity contribution in [2.75, 3.05) is 11.5 Å². The van der Waals surface area contributed by atoms with Crippen LogP contribution in [0.1, 0.15) is 19.8 Å². The second-order valence-corrected chi connectivity index (χ2v) is 4.80. The molecule has 1 aliphatic rings. The van der Waals surface area contributed by atoms with Gasteiger partial charge in [0.15, 0.2) is 0 Å². The van der Waals surface area contributed by atoms with Gasteiger partial charge in [-0.3, -0.25) is 9.69 Å². The summed E-state index contributed by atoms with van der Waals surface area (Å²) in [7, 11) is 0. The van der Waals surface area contributed by atoms with Crippen LogP contribution in [0, 0.1) is 0 Å². The third kappa shape index (κ3) is 2.62. The number of hydrogen-bond acceptors (Lipinski definition) is 4. The molecule has 1 aromatic rings. The van der Waals surface area contributed by atoms with E-state index >= 15 is 0 Å². The molecule has 0 spiro atoms. The summed E-state index contributed by atoms with van der Waals surface area (Å²) in [5.41, 5.74) is -0.111. The average molecular weight is 265 g/mol. The fourth-order valence-electron chi connectivity index (χ4n) is 2.15. The highest BCUT2D eigenvalue weighted by Gasteiger charge is 2.44. The fourth-order valence-corrected chi connectivity index (χ4v) is 2.15. The Morgan fingerprint density at radius 1 is 1.42 bits per heavy atom. The summed E-state index contributed by atoms with van der Waals surface area (Å²) in [5.74, 6) is -0.810. The molecule has 1 atom stereocenters. The molecule has 102 valence electrons. The van der Waals surface area contributed by atoms with Gasteiger partial charge in [-0.05, 0) is 37.6 Å². The monoisotopic (exact) mass is 265 g/mol. The lowest BCUT2D eigenvalue weighted by Crippen LogP contribution is -2.45. The van der Waals surface area contributed by atoms with Crippen molar-refractivity contribution in [2.24, 2.45) is 0 Å². The first-order valence-corrected chi connectivity index (χ1v) is 5.90. The van der Waals surface area contributed by atoms with Gasteiger partial charge in [-0.15, -0.1) is 0 Å². The largest absolute Gasteiger partial charge is 0.508 e. The summed E-state index contributed by atoms with van der Waals surface area (Å²) in [6.45, 7) is 1.94. The minimum atomic E-state index is -0.911. The van der Waals surface area contributed by atoms with Gasteiger partial charge >= 0.3 is 12.1 Å². The van der Waals surface area contributed by atoms with Gasteiger partial charge in [0.05, 0.1) is 5.54 Å². The number of benzene rings is 1. The topological polar surface area (TPSA) is 87.1 Å². The zero-order chi connectivity index (χ0) is 14.0.